The summed E-state index contributed by atoms with van der Waals surface area (Å²) in [7, 11) is 1.38. The lowest BCUT2D eigenvalue weighted by Crippen LogP contribution is -2.01. The van der Waals surface area contributed by atoms with Gasteiger partial charge in [-0.15, -0.1) is 0 Å². The molecule has 0 radical (unpaired) electrons. The number of hydrogen-bond donors (Lipinski definition) is 1. The van der Waals surface area contributed by atoms with E-state index in [2.05, 4.69) is 53.4 Å². The number of pyridine rings is 1. The van der Waals surface area contributed by atoms with E-state index in [1.165, 1.54) is 12.7 Å². The molecule has 0 spiro atoms. The van der Waals surface area contributed by atoms with Gasteiger partial charge in [0.2, 0.25) is 0 Å². The van der Waals surface area contributed by atoms with Crippen molar-refractivity contribution in [2.24, 2.45) is 0 Å². The minimum absolute atomic E-state index is 0.356. The van der Waals surface area contributed by atoms with Crippen molar-refractivity contribution in [1.82, 2.24) is 9.38 Å². The number of carbonyl (C=O) groups is 1. The molecule has 0 aliphatic heterocycles. The number of methoxy groups -OCH3 is 1. The number of nitrogens with one attached hydrogen (secondary N) is 1. The molecule has 0 aliphatic rings. The molecule has 5 nitrogen and oxygen atoms in total. The fraction of sp³-hybridized carbons (Fsp3) is 0.130. The van der Waals surface area contributed by atoms with Gasteiger partial charge in [0, 0.05) is 21.9 Å². The number of ether oxygens (including phenoxy) is 1. The molecule has 146 valence electrons. The molecule has 0 saturated carbocycles. The van der Waals surface area contributed by atoms with Crippen molar-refractivity contribution in [3.63, 3.8) is 0 Å². The lowest BCUT2D eigenvalue weighted by molar-refractivity contribution is 0.0601. The van der Waals surface area contributed by atoms with Crippen molar-refractivity contribution >= 4 is 39.1 Å². The summed E-state index contributed by atoms with van der Waals surface area (Å²) in [6, 6.07) is 17.5. The van der Waals surface area contributed by atoms with Gasteiger partial charge in [0.15, 0.2) is 0 Å². The number of nitrogens with zero attached hydrogens (tertiary/aromatic N) is 2. The van der Waals surface area contributed by atoms with Gasteiger partial charge in [-0.05, 0) is 55.3 Å². The topological polar surface area (TPSA) is 55.6 Å². The van der Waals surface area contributed by atoms with Crippen molar-refractivity contribution < 1.29 is 9.53 Å². The Hall–Kier alpha value is -3.12. The number of aromatic nitrogens is 2. The molecule has 2 heterocycles. The largest absolute Gasteiger partial charge is 0.465 e. The van der Waals surface area contributed by atoms with E-state index in [9.17, 15) is 4.79 Å². The first-order valence-corrected chi connectivity index (χ1v) is 9.96. The van der Waals surface area contributed by atoms with Crippen LogP contribution in [0.25, 0.3) is 16.9 Å². The maximum Gasteiger partial charge on any atom is 0.337 e. The number of rotatable bonds is 4. The second-order valence-electron chi connectivity index (χ2n) is 6.90. The van der Waals surface area contributed by atoms with E-state index in [1.54, 1.807) is 12.1 Å². The molecule has 29 heavy (non-hydrogen) atoms. The number of benzene rings is 2. The number of fused-ring (bicyclic) bond motifs is 1. The Morgan fingerprint density at radius 2 is 1.83 bits per heavy atom. The van der Waals surface area contributed by atoms with E-state index < -0.39 is 0 Å². The van der Waals surface area contributed by atoms with Crippen LogP contribution in [0.1, 0.15) is 21.5 Å². The zero-order valence-corrected chi connectivity index (χ0v) is 17.9. The minimum atomic E-state index is -0.356. The highest BCUT2D eigenvalue weighted by Crippen LogP contribution is 2.32. The van der Waals surface area contributed by atoms with Crippen LogP contribution >= 0.6 is 15.9 Å². The van der Waals surface area contributed by atoms with Crippen LogP contribution in [0.2, 0.25) is 0 Å². The van der Waals surface area contributed by atoms with Gasteiger partial charge in [-0.1, -0.05) is 40.2 Å². The van der Waals surface area contributed by atoms with E-state index >= 15 is 0 Å². The molecule has 2 aromatic carbocycles. The summed E-state index contributed by atoms with van der Waals surface area (Å²) in [5, 5.41) is 3.52. The van der Waals surface area contributed by atoms with Gasteiger partial charge in [-0.25, -0.2) is 9.78 Å². The van der Waals surface area contributed by atoms with Crippen LogP contribution in [0, 0.1) is 13.8 Å². The highest BCUT2D eigenvalue weighted by atomic mass is 79.9. The smallest absolute Gasteiger partial charge is 0.337 e. The third-order valence-corrected chi connectivity index (χ3v) is 5.63. The SMILES string of the molecule is COC(=O)c1ccc(-c2nc3ccc(C)cn3c2Nc2ccc(C)c(Br)c2)cc1. The Balaban J connectivity index is 1.84. The van der Waals surface area contributed by atoms with Gasteiger partial charge < -0.3 is 10.1 Å². The average Bonchev–Trinajstić information content (AvgIpc) is 3.08. The Morgan fingerprint density at radius 1 is 1.07 bits per heavy atom. The van der Waals surface area contributed by atoms with Gasteiger partial charge >= 0.3 is 5.97 Å². The van der Waals surface area contributed by atoms with Crippen molar-refractivity contribution in [2.45, 2.75) is 13.8 Å². The first-order chi connectivity index (χ1) is 14.0. The molecule has 0 bridgehead atoms. The van der Waals surface area contributed by atoms with Crippen LogP contribution in [0.15, 0.2) is 65.3 Å². The second kappa shape index (κ2) is 7.72. The molecule has 0 unspecified atom stereocenters. The van der Waals surface area contributed by atoms with Crippen LogP contribution in [0.5, 0.6) is 0 Å². The predicted octanol–water partition coefficient (Wildman–Crippen LogP) is 5.91. The number of hydrogen-bond acceptors (Lipinski definition) is 4. The third-order valence-electron chi connectivity index (χ3n) is 4.78. The molecular formula is C23H20BrN3O2. The van der Waals surface area contributed by atoms with Gasteiger partial charge in [-0.3, -0.25) is 4.40 Å². The average molecular weight is 450 g/mol. The molecule has 0 fully saturated rings. The zero-order chi connectivity index (χ0) is 20.5. The summed E-state index contributed by atoms with van der Waals surface area (Å²) in [6.45, 7) is 4.11. The molecule has 0 atom stereocenters. The van der Waals surface area contributed by atoms with E-state index in [4.69, 9.17) is 9.72 Å². The first kappa shape index (κ1) is 19.2. The van der Waals surface area contributed by atoms with Gasteiger partial charge in [0.05, 0.1) is 12.7 Å². The Labute approximate surface area is 177 Å². The second-order valence-corrected chi connectivity index (χ2v) is 7.76. The van der Waals surface area contributed by atoms with Crippen molar-refractivity contribution in [2.75, 3.05) is 12.4 Å². The lowest BCUT2D eigenvalue weighted by Gasteiger charge is -2.11. The molecule has 4 rings (SSSR count). The Morgan fingerprint density at radius 3 is 2.52 bits per heavy atom. The predicted molar refractivity (Wildman–Crippen MR) is 119 cm³/mol. The monoisotopic (exact) mass is 449 g/mol. The van der Waals surface area contributed by atoms with Crippen LogP contribution < -0.4 is 5.32 Å². The molecular weight excluding hydrogens is 430 g/mol. The fourth-order valence-corrected chi connectivity index (χ4v) is 3.54. The van der Waals surface area contributed by atoms with Crippen LogP contribution in [-0.2, 0) is 4.74 Å². The number of halogens is 1. The molecule has 0 aliphatic carbocycles. The van der Waals surface area contributed by atoms with Crippen LogP contribution in [-0.4, -0.2) is 22.5 Å². The third kappa shape index (κ3) is 3.76. The van der Waals surface area contributed by atoms with E-state index in [0.29, 0.717) is 5.56 Å². The van der Waals surface area contributed by atoms with E-state index in [0.717, 1.165) is 38.4 Å². The summed E-state index contributed by atoms with van der Waals surface area (Å²) in [6.07, 6.45) is 2.06. The van der Waals surface area contributed by atoms with Gasteiger partial charge in [0.1, 0.15) is 17.2 Å². The number of esters is 1. The summed E-state index contributed by atoms with van der Waals surface area (Å²) < 4.78 is 7.88. The first-order valence-electron chi connectivity index (χ1n) is 9.17. The van der Waals surface area contributed by atoms with Crippen molar-refractivity contribution in [1.29, 1.82) is 0 Å². The molecule has 1 N–H and O–H groups in total. The quantitative estimate of drug-likeness (QED) is 0.393. The van der Waals surface area contributed by atoms with Gasteiger partial charge in [0.25, 0.3) is 0 Å². The molecule has 4 aromatic rings. The lowest BCUT2D eigenvalue weighted by atomic mass is 10.1. The standard InChI is InChI=1S/C23H20BrN3O2/c1-14-4-11-20-26-21(16-6-8-17(9-7-16)23(28)29-3)22(27(20)13-14)25-18-10-5-15(2)19(24)12-18/h4-13,25H,1-3H3. The Bertz CT molecular complexity index is 1210. The maximum atomic E-state index is 11.7. The van der Waals surface area contributed by atoms with Crippen molar-refractivity contribution in [3.8, 4) is 11.3 Å². The minimum Gasteiger partial charge on any atom is -0.465 e. The molecule has 6 heteroatoms. The normalized spacial score (nSPS) is 10.9. The zero-order valence-electron chi connectivity index (χ0n) is 16.4. The van der Waals surface area contributed by atoms with E-state index in [1.807, 2.05) is 34.7 Å². The highest BCUT2D eigenvalue weighted by Gasteiger charge is 2.16. The fourth-order valence-electron chi connectivity index (χ4n) is 3.16. The molecule has 0 saturated heterocycles. The van der Waals surface area contributed by atoms with Crippen LogP contribution in [0.4, 0.5) is 11.5 Å². The van der Waals surface area contributed by atoms with Gasteiger partial charge in [-0.2, -0.15) is 0 Å². The summed E-state index contributed by atoms with van der Waals surface area (Å²) >= 11 is 3.60. The summed E-state index contributed by atoms with van der Waals surface area (Å²) in [5.74, 6) is 0.510. The number of imidazole rings is 1. The van der Waals surface area contributed by atoms with Crippen molar-refractivity contribution in [3.05, 3.63) is 82.0 Å². The number of carbonyl (C=O) groups excluding carboxylic acids is 1. The van der Waals surface area contributed by atoms with Crippen LogP contribution in [0.3, 0.4) is 0 Å². The number of anilines is 2. The summed E-state index contributed by atoms with van der Waals surface area (Å²) in [5.41, 5.74) is 6.33. The van der Waals surface area contributed by atoms with E-state index in [-0.39, 0.29) is 5.97 Å². The molecule has 0 amide bonds. The summed E-state index contributed by atoms with van der Waals surface area (Å²) in [4.78, 5) is 16.6. The number of aryl methyl sites for hydroxylation is 2. The Kier molecular flexibility index (Phi) is 5.11. The molecule has 2 aromatic heterocycles. The highest BCUT2D eigenvalue weighted by molar-refractivity contribution is 9.10. The maximum absolute atomic E-state index is 11.7.